The van der Waals surface area contributed by atoms with Crippen molar-refractivity contribution in [2.24, 2.45) is 5.10 Å². The van der Waals surface area contributed by atoms with Crippen molar-refractivity contribution in [3.63, 3.8) is 0 Å². The number of anilines is 1. The van der Waals surface area contributed by atoms with Gasteiger partial charge in [0, 0.05) is 5.69 Å². The largest absolute Gasteiger partial charge is 0.330 e. The van der Waals surface area contributed by atoms with Gasteiger partial charge in [-0.25, -0.2) is 10.1 Å². The molecule has 0 saturated heterocycles. The van der Waals surface area contributed by atoms with Gasteiger partial charge < -0.3 is 5.32 Å². The van der Waals surface area contributed by atoms with Gasteiger partial charge in [0.25, 0.3) is 0 Å². The van der Waals surface area contributed by atoms with E-state index in [0.717, 1.165) is 11.3 Å². The quantitative estimate of drug-likeness (QED) is 0.363. The molecule has 0 bridgehead atoms. The standard InChI is InChI=1S/C9H11N3O2S/c1-7-3-5-8(6-4-7)10-9(15-2)11-12(13)14/h3-6H,1-2H3,(H,10,11). The topological polar surface area (TPSA) is 67.5 Å². The highest BCUT2D eigenvalue weighted by atomic mass is 32.2. The molecule has 0 unspecified atom stereocenters. The van der Waals surface area contributed by atoms with Gasteiger partial charge in [-0.05, 0) is 25.3 Å². The Bertz CT molecular complexity index is 375. The third kappa shape index (κ3) is 3.99. The van der Waals surface area contributed by atoms with Gasteiger partial charge in [-0.2, -0.15) is 0 Å². The molecular formula is C9H11N3O2S. The number of hydrazone groups is 1. The number of aryl methyl sites for hydroxylation is 1. The normalized spacial score (nSPS) is 11.2. The number of amidine groups is 1. The van der Waals surface area contributed by atoms with Crippen LogP contribution < -0.4 is 5.32 Å². The van der Waals surface area contributed by atoms with Crippen LogP contribution in [0.4, 0.5) is 5.69 Å². The fraction of sp³-hybridized carbons (Fsp3) is 0.222. The van der Waals surface area contributed by atoms with Gasteiger partial charge in [0.05, 0.1) is 5.10 Å². The van der Waals surface area contributed by atoms with Crippen molar-refractivity contribution < 1.29 is 5.03 Å². The van der Waals surface area contributed by atoms with Crippen molar-refractivity contribution in [3.05, 3.63) is 39.9 Å². The van der Waals surface area contributed by atoms with Crippen LogP contribution >= 0.6 is 11.8 Å². The summed E-state index contributed by atoms with van der Waals surface area (Å²) in [5.41, 5.74) is 1.92. The first-order chi connectivity index (χ1) is 7.11. The second-order valence-corrected chi connectivity index (χ2v) is 3.63. The smallest absolute Gasteiger partial charge is 0.239 e. The highest BCUT2D eigenvalue weighted by Gasteiger charge is 2.03. The second-order valence-electron chi connectivity index (χ2n) is 2.84. The first-order valence-corrected chi connectivity index (χ1v) is 5.45. The van der Waals surface area contributed by atoms with Crippen molar-refractivity contribution in [1.82, 2.24) is 0 Å². The summed E-state index contributed by atoms with van der Waals surface area (Å²) in [6.45, 7) is 1.98. The average Bonchev–Trinajstić information content (AvgIpc) is 2.19. The first kappa shape index (κ1) is 11.5. The van der Waals surface area contributed by atoms with Gasteiger partial charge in [-0.3, -0.25) is 0 Å². The Balaban J connectivity index is 2.75. The molecule has 0 aliphatic heterocycles. The maximum absolute atomic E-state index is 10.2. The third-order valence-corrected chi connectivity index (χ3v) is 2.24. The molecule has 0 spiro atoms. The Morgan fingerprint density at radius 1 is 1.47 bits per heavy atom. The number of hydrogen-bond acceptors (Lipinski definition) is 3. The van der Waals surface area contributed by atoms with E-state index in [1.807, 2.05) is 31.2 Å². The van der Waals surface area contributed by atoms with Gasteiger partial charge in [0.2, 0.25) is 5.17 Å². The maximum atomic E-state index is 10.2. The highest BCUT2D eigenvalue weighted by molar-refractivity contribution is 8.13. The number of nitrogens with zero attached hydrogens (tertiary/aromatic N) is 2. The summed E-state index contributed by atoms with van der Waals surface area (Å²) in [5, 5.41) is 15.8. The van der Waals surface area contributed by atoms with Crippen LogP contribution in [0, 0.1) is 17.0 Å². The summed E-state index contributed by atoms with van der Waals surface area (Å²) < 4.78 is 0. The summed E-state index contributed by atoms with van der Waals surface area (Å²) in [4.78, 5) is 10.2. The monoisotopic (exact) mass is 225 g/mol. The lowest BCUT2D eigenvalue weighted by molar-refractivity contribution is -0.484. The lowest BCUT2D eigenvalue weighted by Crippen LogP contribution is -2.09. The van der Waals surface area contributed by atoms with Gasteiger partial charge in [-0.1, -0.05) is 29.5 Å². The van der Waals surface area contributed by atoms with Crippen LogP contribution in [0.5, 0.6) is 0 Å². The van der Waals surface area contributed by atoms with E-state index >= 15 is 0 Å². The maximum Gasteiger partial charge on any atom is 0.239 e. The van der Waals surface area contributed by atoms with E-state index in [9.17, 15) is 10.1 Å². The van der Waals surface area contributed by atoms with Crippen molar-refractivity contribution in [2.75, 3.05) is 11.6 Å². The lowest BCUT2D eigenvalue weighted by Gasteiger charge is -2.04. The minimum Gasteiger partial charge on any atom is -0.330 e. The molecule has 0 saturated carbocycles. The van der Waals surface area contributed by atoms with E-state index in [2.05, 4.69) is 10.4 Å². The van der Waals surface area contributed by atoms with Crippen LogP contribution in [0.2, 0.25) is 0 Å². The zero-order chi connectivity index (χ0) is 11.3. The number of rotatable bonds is 2. The Morgan fingerprint density at radius 2 is 2.07 bits per heavy atom. The zero-order valence-electron chi connectivity index (χ0n) is 8.43. The van der Waals surface area contributed by atoms with Crippen molar-refractivity contribution in [1.29, 1.82) is 0 Å². The van der Waals surface area contributed by atoms with Crippen molar-refractivity contribution >= 4 is 22.6 Å². The molecule has 1 aromatic carbocycles. The summed E-state index contributed by atoms with van der Waals surface area (Å²) in [6.07, 6.45) is 1.73. The molecule has 1 rings (SSSR count). The average molecular weight is 225 g/mol. The lowest BCUT2D eigenvalue weighted by atomic mass is 10.2. The predicted octanol–water partition coefficient (Wildman–Crippen LogP) is 2.32. The number of nitrogens with one attached hydrogen (secondary N) is 1. The Kier molecular flexibility index (Phi) is 4.11. The summed E-state index contributed by atoms with van der Waals surface area (Å²) >= 11 is 1.19. The van der Waals surface area contributed by atoms with E-state index in [1.54, 1.807) is 6.26 Å². The molecule has 0 heterocycles. The molecule has 0 radical (unpaired) electrons. The number of benzene rings is 1. The Morgan fingerprint density at radius 3 is 2.53 bits per heavy atom. The zero-order valence-corrected chi connectivity index (χ0v) is 9.25. The molecule has 0 amide bonds. The van der Waals surface area contributed by atoms with Crippen LogP contribution in [0.25, 0.3) is 0 Å². The molecule has 1 N–H and O–H groups in total. The third-order valence-electron chi connectivity index (χ3n) is 1.67. The van der Waals surface area contributed by atoms with Gasteiger partial charge in [0.1, 0.15) is 0 Å². The highest BCUT2D eigenvalue weighted by Crippen LogP contribution is 2.11. The molecule has 15 heavy (non-hydrogen) atoms. The summed E-state index contributed by atoms with van der Waals surface area (Å²) in [5.74, 6) is 0. The van der Waals surface area contributed by atoms with Crippen LogP contribution in [0.15, 0.2) is 29.4 Å². The summed E-state index contributed by atoms with van der Waals surface area (Å²) in [7, 11) is 0. The molecule has 0 fully saturated rings. The minimum atomic E-state index is -0.715. The molecule has 0 atom stereocenters. The fourth-order valence-electron chi connectivity index (χ4n) is 0.951. The second kappa shape index (κ2) is 5.35. The van der Waals surface area contributed by atoms with E-state index in [0.29, 0.717) is 0 Å². The van der Waals surface area contributed by atoms with Crippen molar-refractivity contribution in [3.8, 4) is 0 Å². The SMILES string of the molecule is CSC(=N[N+](=O)[O-])Nc1ccc(C)cc1. The van der Waals surface area contributed by atoms with Crippen LogP contribution in [0.1, 0.15) is 5.56 Å². The van der Waals surface area contributed by atoms with E-state index in [1.165, 1.54) is 11.8 Å². The Hall–Kier alpha value is -1.56. The van der Waals surface area contributed by atoms with Crippen LogP contribution in [-0.2, 0) is 0 Å². The minimum absolute atomic E-state index is 0.267. The molecule has 0 aliphatic carbocycles. The predicted molar refractivity (Wildman–Crippen MR) is 62.7 cm³/mol. The van der Waals surface area contributed by atoms with Gasteiger partial charge in [-0.15, -0.1) is 0 Å². The number of hydrogen-bond donors (Lipinski definition) is 1. The molecule has 1 aromatic rings. The molecule has 0 aliphatic rings. The van der Waals surface area contributed by atoms with E-state index < -0.39 is 5.03 Å². The molecule has 0 aromatic heterocycles. The molecular weight excluding hydrogens is 214 g/mol. The first-order valence-electron chi connectivity index (χ1n) is 4.22. The molecule has 6 heteroatoms. The number of thioether (sulfide) groups is 1. The molecule has 80 valence electrons. The van der Waals surface area contributed by atoms with E-state index in [4.69, 9.17) is 0 Å². The van der Waals surface area contributed by atoms with Crippen LogP contribution in [-0.4, -0.2) is 16.5 Å². The molecule has 5 nitrogen and oxygen atoms in total. The van der Waals surface area contributed by atoms with Crippen molar-refractivity contribution in [2.45, 2.75) is 6.92 Å². The Labute approximate surface area is 91.7 Å². The van der Waals surface area contributed by atoms with Crippen LogP contribution in [0.3, 0.4) is 0 Å². The summed E-state index contributed by atoms with van der Waals surface area (Å²) in [6, 6.07) is 7.54. The van der Waals surface area contributed by atoms with E-state index in [-0.39, 0.29) is 5.17 Å². The fourth-order valence-corrected chi connectivity index (χ4v) is 1.32. The van der Waals surface area contributed by atoms with Gasteiger partial charge in [0.15, 0.2) is 5.03 Å². The number of nitro groups is 1. The van der Waals surface area contributed by atoms with Gasteiger partial charge >= 0.3 is 0 Å².